The Bertz CT molecular complexity index is 1260. The molecule has 1 aliphatic carbocycles. The number of carbonyl (C=O) groups is 1. The summed E-state index contributed by atoms with van der Waals surface area (Å²) < 4.78 is 27.1. The number of nitrogens with one attached hydrogen (secondary N) is 1. The maximum Gasteiger partial charge on any atom is 0.237 e. The number of rotatable bonds is 8. The van der Waals surface area contributed by atoms with Gasteiger partial charge in [0.15, 0.2) is 5.13 Å². The minimum absolute atomic E-state index is 0.0191. The summed E-state index contributed by atoms with van der Waals surface area (Å²) in [5, 5.41) is 0.00689. The average molecular weight is 471 g/mol. The Hall–Kier alpha value is -2.65. The van der Waals surface area contributed by atoms with Gasteiger partial charge in [0, 0.05) is 23.1 Å². The highest BCUT2D eigenvalue weighted by Gasteiger charge is 2.38. The van der Waals surface area contributed by atoms with Gasteiger partial charge >= 0.3 is 0 Å². The van der Waals surface area contributed by atoms with E-state index in [1.54, 1.807) is 12.4 Å². The summed E-state index contributed by atoms with van der Waals surface area (Å²) in [5.41, 5.74) is 3.26. The van der Waals surface area contributed by atoms with Crippen LogP contribution in [0.5, 0.6) is 0 Å². The van der Waals surface area contributed by atoms with Gasteiger partial charge in [-0.3, -0.25) is 14.5 Å². The van der Waals surface area contributed by atoms with Gasteiger partial charge in [0.2, 0.25) is 10.0 Å². The van der Waals surface area contributed by atoms with E-state index in [1.165, 1.54) is 11.3 Å². The molecule has 2 aromatic heterocycles. The number of carbonyl (C=O) groups excluding carboxylic acids is 1. The average Bonchev–Trinajstić information content (AvgIpc) is 3.53. The third kappa shape index (κ3) is 4.73. The zero-order valence-electron chi connectivity index (χ0n) is 18.5. The molecule has 0 spiro atoms. The van der Waals surface area contributed by atoms with E-state index in [0.29, 0.717) is 23.7 Å². The molecule has 2 heterocycles. The molecule has 4 rings (SSSR count). The second-order valence-electron chi connectivity index (χ2n) is 8.74. The number of aromatic nitrogens is 3. The lowest BCUT2D eigenvalue weighted by Gasteiger charge is -2.22. The number of sulfonamides is 1. The number of Topliss-reactive ketones (excluding diaryl/α,β-unsaturated/α-hetero) is 1. The fraction of sp³-hybridized carbons (Fsp3) is 0.391. The summed E-state index contributed by atoms with van der Waals surface area (Å²) in [5.74, 6) is 0.0191. The molecule has 1 aromatic carbocycles. The van der Waals surface area contributed by atoms with Gasteiger partial charge in [0.05, 0.1) is 33.9 Å². The highest BCUT2D eigenvalue weighted by Crippen LogP contribution is 2.36. The minimum Gasteiger partial charge on any atom is -0.298 e. The van der Waals surface area contributed by atoms with Crippen LogP contribution in [0.2, 0.25) is 0 Å². The van der Waals surface area contributed by atoms with Gasteiger partial charge in [-0.15, -0.1) is 11.3 Å². The van der Waals surface area contributed by atoms with Gasteiger partial charge in [-0.2, -0.15) is 0 Å². The van der Waals surface area contributed by atoms with Gasteiger partial charge in [-0.05, 0) is 46.1 Å². The molecule has 9 heteroatoms. The molecule has 32 heavy (non-hydrogen) atoms. The topological polar surface area (TPSA) is 102 Å². The molecule has 0 aliphatic heterocycles. The van der Waals surface area contributed by atoms with Crippen molar-refractivity contribution in [1.29, 1.82) is 0 Å². The van der Waals surface area contributed by atoms with Gasteiger partial charge < -0.3 is 0 Å². The molecular formula is C23H26N4O3S2. The molecule has 0 amide bonds. The first kappa shape index (κ1) is 22.5. The number of benzene rings is 1. The van der Waals surface area contributed by atoms with Crippen molar-refractivity contribution in [2.24, 2.45) is 0 Å². The number of thiazole rings is 1. The predicted octanol–water partition coefficient (Wildman–Crippen LogP) is 4.21. The maximum atomic E-state index is 13.2. The first-order valence-corrected chi connectivity index (χ1v) is 12.8. The zero-order chi connectivity index (χ0) is 23.1. The SMILES string of the molecule is Cc1cncc(-c2ccc(CC(=O)C(C)(C)c3nc(NS(=O)(=O)C4CC4)sc3C)cc2)n1. The first-order valence-electron chi connectivity index (χ1n) is 10.5. The number of hydrogen-bond acceptors (Lipinski definition) is 7. The van der Waals surface area contributed by atoms with Crippen molar-refractivity contribution in [3.63, 3.8) is 0 Å². The smallest absolute Gasteiger partial charge is 0.237 e. The van der Waals surface area contributed by atoms with Crippen molar-refractivity contribution in [3.05, 3.63) is 58.5 Å². The number of hydrogen-bond donors (Lipinski definition) is 1. The predicted molar refractivity (Wildman–Crippen MR) is 126 cm³/mol. The molecule has 3 aromatic rings. The van der Waals surface area contributed by atoms with Crippen molar-refractivity contribution < 1.29 is 13.2 Å². The third-order valence-corrected chi connectivity index (χ3v) is 8.49. The quantitative estimate of drug-likeness (QED) is 0.529. The van der Waals surface area contributed by atoms with Crippen LogP contribution in [0.1, 0.15) is 48.5 Å². The Morgan fingerprint density at radius 1 is 1.12 bits per heavy atom. The van der Waals surface area contributed by atoms with Crippen LogP contribution in [0.4, 0.5) is 5.13 Å². The molecule has 1 saturated carbocycles. The van der Waals surface area contributed by atoms with E-state index in [2.05, 4.69) is 19.7 Å². The maximum absolute atomic E-state index is 13.2. The van der Waals surface area contributed by atoms with Crippen LogP contribution in [0.15, 0.2) is 36.7 Å². The molecule has 7 nitrogen and oxygen atoms in total. The zero-order valence-corrected chi connectivity index (χ0v) is 20.2. The fourth-order valence-electron chi connectivity index (χ4n) is 3.54. The van der Waals surface area contributed by atoms with Crippen molar-refractivity contribution in [1.82, 2.24) is 15.0 Å². The number of aryl methyl sites for hydroxylation is 2. The van der Waals surface area contributed by atoms with Crippen molar-refractivity contribution in [3.8, 4) is 11.3 Å². The molecule has 1 aliphatic rings. The Balaban J connectivity index is 1.49. The molecule has 1 N–H and O–H groups in total. The van der Waals surface area contributed by atoms with Gasteiger partial charge in [-0.1, -0.05) is 24.3 Å². The lowest BCUT2D eigenvalue weighted by atomic mass is 9.81. The van der Waals surface area contributed by atoms with E-state index in [0.717, 1.165) is 27.4 Å². The van der Waals surface area contributed by atoms with E-state index >= 15 is 0 Å². The number of nitrogens with zero attached hydrogens (tertiary/aromatic N) is 3. The largest absolute Gasteiger partial charge is 0.298 e. The molecule has 1 fully saturated rings. The Morgan fingerprint density at radius 2 is 1.81 bits per heavy atom. The standard InChI is InChI=1S/C23H26N4O3S2/c1-14-12-24-13-19(25-14)17-7-5-16(6-8-17)11-20(28)23(3,4)21-15(2)31-22(26-21)27-32(29,30)18-9-10-18/h5-8,12-13,18H,9-11H2,1-4H3,(H,26,27). The summed E-state index contributed by atoms with van der Waals surface area (Å²) >= 11 is 1.27. The second kappa shape index (κ2) is 8.37. The summed E-state index contributed by atoms with van der Waals surface area (Å²) in [6.07, 6.45) is 5.06. The summed E-state index contributed by atoms with van der Waals surface area (Å²) in [4.78, 5) is 27.2. The molecular weight excluding hydrogens is 444 g/mol. The van der Waals surface area contributed by atoms with Crippen LogP contribution >= 0.6 is 11.3 Å². The van der Waals surface area contributed by atoms with Crippen molar-refractivity contribution >= 4 is 32.3 Å². The third-order valence-electron chi connectivity index (χ3n) is 5.65. The van der Waals surface area contributed by atoms with Crippen LogP contribution in [0.25, 0.3) is 11.3 Å². The lowest BCUT2D eigenvalue weighted by Crippen LogP contribution is -2.31. The van der Waals surface area contributed by atoms with Crippen molar-refractivity contribution in [2.45, 2.75) is 57.6 Å². The molecule has 0 atom stereocenters. The Labute approximate surface area is 192 Å². The van der Waals surface area contributed by atoms with Gasteiger partial charge in [-0.25, -0.2) is 18.4 Å². The first-order chi connectivity index (χ1) is 15.1. The summed E-state index contributed by atoms with van der Waals surface area (Å²) in [6.45, 7) is 7.45. The van der Waals surface area contributed by atoms with E-state index in [-0.39, 0.29) is 17.5 Å². The monoisotopic (exact) mass is 470 g/mol. The Morgan fingerprint density at radius 3 is 2.44 bits per heavy atom. The van der Waals surface area contributed by atoms with Crippen LogP contribution in [0.3, 0.4) is 0 Å². The summed E-state index contributed by atoms with van der Waals surface area (Å²) in [7, 11) is -3.38. The highest BCUT2D eigenvalue weighted by atomic mass is 32.2. The van der Waals surface area contributed by atoms with Crippen LogP contribution in [-0.2, 0) is 26.7 Å². The molecule has 0 unspecified atom stereocenters. The van der Waals surface area contributed by atoms with E-state index in [9.17, 15) is 13.2 Å². The van der Waals surface area contributed by atoms with Gasteiger partial charge in [0.25, 0.3) is 0 Å². The molecule has 0 saturated heterocycles. The summed E-state index contributed by atoms with van der Waals surface area (Å²) in [6, 6.07) is 7.74. The number of ketones is 1. The normalized spacial score (nSPS) is 14.4. The minimum atomic E-state index is -3.38. The van der Waals surface area contributed by atoms with Crippen LogP contribution in [-0.4, -0.2) is 34.4 Å². The van der Waals surface area contributed by atoms with E-state index < -0.39 is 15.4 Å². The Kier molecular flexibility index (Phi) is 5.89. The lowest BCUT2D eigenvalue weighted by molar-refractivity contribution is -0.122. The van der Waals surface area contributed by atoms with Crippen LogP contribution < -0.4 is 4.72 Å². The molecule has 0 radical (unpaired) electrons. The molecule has 0 bridgehead atoms. The highest BCUT2D eigenvalue weighted by molar-refractivity contribution is 7.93. The van der Waals surface area contributed by atoms with E-state index in [4.69, 9.17) is 0 Å². The second-order valence-corrected chi connectivity index (χ2v) is 11.9. The van der Waals surface area contributed by atoms with Crippen molar-refractivity contribution in [2.75, 3.05) is 4.72 Å². The molecule has 168 valence electrons. The van der Waals surface area contributed by atoms with E-state index in [1.807, 2.05) is 52.0 Å². The van der Waals surface area contributed by atoms with Gasteiger partial charge in [0.1, 0.15) is 5.78 Å². The van der Waals surface area contributed by atoms with Crippen LogP contribution in [0, 0.1) is 13.8 Å². The fourth-order valence-corrected chi connectivity index (χ4v) is 6.09. The number of anilines is 1.